The first-order valence-corrected chi connectivity index (χ1v) is 11.4. The van der Waals surface area contributed by atoms with E-state index in [-0.39, 0.29) is 30.2 Å². The van der Waals surface area contributed by atoms with Crippen LogP contribution in [0.5, 0.6) is 0 Å². The van der Waals surface area contributed by atoms with Crippen LogP contribution in [0.2, 0.25) is 0 Å². The van der Waals surface area contributed by atoms with E-state index in [9.17, 15) is 9.59 Å². The molecule has 1 aliphatic heterocycles. The van der Waals surface area contributed by atoms with E-state index in [1.807, 2.05) is 13.0 Å². The van der Waals surface area contributed by atoms with Crippen LogP contribution in [0, 0.1) is 6.92 Å². The van der Waals surface area contributed by atoms with Gasteiger partial charge in [0.2, 0.25) is 0 Å². The van der Waals surface area contributed by atoms with Gasteiger partial charge in [0.15, 0.2) is 0 Å². The molecule has 1 fully saturated rings. The van der Waals surface area contributed by atoms with Gasteiger partial charge in [0.1, 0.15) is 15.8 Å². The molecule has 0 radical (unpaired) electrons. The van der Waals surface area contributed by atoms with E-state index in [0.717, 1.165) is 5.56 Å². The number of amides is 1. The van der Waals surface area contributed by atoms with Crippen LogP contribution < -0.4 is 10.9 Å². The molecule has 11 heteroatoms. The number of thioether (sulfide) groups is 1. The number of nitrogens with zero attached hydrogens (tertiary/aromatic N) is 3. The third-order valence-electron chi connectivity index (χ3n) is 4.74. The molecule has 2 aromatic heterocycles. The van der Waals surface area contributed by atoms with Gasteiger partial charge >= 0.3 is 0 Å². The number of hydrogen-bond acceptors (Lipinski definition) is 9. The number of aryl methyl sites for hydroxylation is 1. The first-order valence-electron chi connectivity index (χ1n) is 10.2. The maximum atomic E-state index is 13.3. The van der Waals surface area contributed by atoms with Gasteiger partial charge in [-0.15, -0.1) is 0 Å². The summed E-state index contributed by atoms with van der Waals surface area (Å²) in [5, 5.41) is 12.0. The van der Waals surface area contributed by atoms with Gasteiger partial charge in [-0.2, -0.15) is 0 Å². The van der Waals surface area contributed by atoms with Crippen molar-refractivity contribution in [1.29, 1.82) is 0 Å². The van der Waals surface area contributed by atoms with E-state index >= 15 is 0 Å². The minimum absolute atomic E-state index is 0.0633. The van der Waals surface area contributed by atoms with Crippen LogP contribution >= 0.6 is 24.0 Å². The Balaban J connectivity index is 1.96. The van der Waals surface area contributed by atoms with Crippen LogP contribution in [0.4, 0.5) is 5.82 Å². The lowest BCUT2D eigenvalue weighted by molar-refractivity contribution is -0.122. The van der Waals surface area contributed by atoms with Gasteiger partial charge in [-0.3, -0.25) is 18.9 Å². The van der Waals surface area contributed by atoms with Crippen LogP contribution in [-0.4, -0.2) is 76.2 Å². The van der Waals surface area contributed by atoms with Crippen molar-refractivity contribution in [2.75, 3.05) is 51.9 Å². The first-order chi connectivity index (χ1) is 15.5. The lowest BCUT2D eigenvalue weighted by atomic mass is 10.2. The molecule has 0 unspecified atom stereocenters. The zero-order chi connectivity index (χ0) is 23.1. The second kappa shape index (κ2) is 11.5. The Bertz CT molecular complexity index is 1090. The number of aliphatic hydroxyl groups excluding tert-OH is 1. The third-order valence-corrected chi connectivity index (χ3v) is 6.12. The van der Waals surface area contributed by atoms with Crippen molar-refractivity contribution < 1.29 is 19.4 Å². The molecule has 0 atom stereocenters. The van der Waals surface area contributed by atoms with Gasteiger partial charge < -0.3 is 19.9 Å². The Hall–Kier alpha value is -2.31. The molecule has 3 heterocycles. The van der Waals surface area contributed by atoms with E-state index in [0.29, 0.717) is 53.4 Å². The Labute approximate surface area is 195 Å². The van der Waals surface area contributed by atoms with E-state index in [1.54, 1.807) is 25.4 Å². The molecule has 172 valence electrons. The highest BCUT2D eigenvalue weighted by atomic mass is 32.2. The second-order valence-corrected chi connectivity index (χ2v) is 8.68. The Morgan fingerprint density at radius 1 is 1.31 bits per heavy atom. The van der Waals surface area contributed by atoms with Gasteiger partial charge in [0.05, 0.1) is 30.3 Å². The summed E-state index contributed by atoms with van der Waals surface area (Å²) in [5.74, 6) is 0.128. The number of nitrogens with one attached hydrogen (secondary N) is 1. The SMILES string of the molecule is COCCCN1C(=O)/C(=C/c2c(NCCOCCO)nc3c(C)cccn3c2=O)SC1=S. The van der Waals surface area contributed by atoms with E-state index in [1.165, 1.54) is 21.1 Å². The van der Waals surface area contributed by atoms with Crippen molar-refractivity contribution in [1.82, 2.24) is 14.3 Å². The fraction of sp³-hybridized carbons (Fsp3) is 0.429. The smallest absolute Gasteiger partial charge is 0.267 e. The number of carbonyl (C=O) groups excluding carboxylic acids is 1. The molecule has 9 nitrogen and oxygen atoms in total. The van der Waals surface area contributed by atoms with E-state index in [4.69, 9.17) is 26.8 Å². The summed E-state index contributed by atoms with van der Waals surface area (Å²) in [6, 6.07) is 3.65. The highest BCUT2D eigenvalue weighted by Crippen LogP contribution is 2.33. The highest BCUT2D eigenvalue weighted by molar-refractivity contribution is 8.26. The molecule has 32 heavy (non-hydrogen) atoms. The standard InChI is InChI=1S/C21H26N4O5S2/c1-14-5-3-7-24-18(14)23-17(22-6-11-30-12-9-26)15(19(24)27)13-16-20(28)25(21(31)32-16)8-4-10-29-2/h3,5,7,13,22,26H,4,6,8-12H2,1-2H3/b16-13-. The van der Waals surface area contributed by atoms with Gasteiger partial charge in [-0.1, -0.05) is 30.0 Å². The molecule has 1 saturated heterocycles. The van der Waals surface area contributed by atoms with Gasteiger partial charge in [0.25, 0.3) is 11.5 Å². The number of ether oxygens (including phenoxy) is 2. The molecule has 0 bridgehead atoms. The fourth-order valence-electron chi connectivity index (χ4n) is 3.18. The first kappa shape index (κ1) is 24.3. The topological polar surface area (TPSA) is 105 Å². The fourth-order valence-corrected chi connectivity index (χ4v) is 4.47. The van der Waals surface area contributed by atoms with Crippen LogP contribution in [0.15, 0.2) is 28.0 Å². The maximum absolute atomic E-state index is 13.3. The van der Waals surface area contributed by atoms with Crippen molar-refractivity contribution in [2.24, 2.45) is 0 Å². The Morgan fingerprint density at radius 2 is 2.12 bits per heavy atom. The molecule has 0 aromatic carbocycles. The number of rotatable bonds is 11. The quantitative estimate of drug-likeness (QED) is 0.283. The lowest BCUT2D eigenvalue weighted by Gasteiger charge is -2.14. The number of aliphatic hydroxyl groups is 1. The van der Waals surface area contributed by atoms with Crippen molar-refractivity contribution in [3.8, 4) is 0 Å². The predicted molar refractivity (Wildman–Crippen MR) is 129 cm³/mol. The molecule has 3 rings (SSSR count). The zero-order valence-corrected chi connectivity index (χ0v) is 19.6. The third kappa shape index (κ3) is 5.54. The zero-order valence-electron chi connectivity index (χ0n) is 18.0. The van der Waals surface area contributed by atoms with Crippen molar-refractivity contribution in [3.63, 3.8) is 0 Å². The van der Waals surface area contributed by atoms with Gasteiger partial charge in [-0.25, -0.2) is 4.98 Å². The van der Waals surface area contributed by atoms with Crippen molar-refractivity contribution >= 4 is 51.7 Å². The van der Waals surface area contributed by atoms with E-state index in [2.05, 4.69) is 10.3 Å². The summed E-state index contributed by atoms with van der Waals surface area (Å²) in [7, 11) is 1.61. The molecular formula is C21H26N4O5S2. The number of thiocarbonyl (C=S) groups is 1. The number of aromatic nitrogens is 2. The summed E-state index contributed by atoms with van der Waals surface area (Å²) >= 11 is 6.53. The number of fused-ring (bicyclic) bond motifs is 1. The summed E-state index contributed by atoms with van der Waals surface area (Å²) in [6.07, 6.45) is 3.87. The van der Waals surface area contributed by atoms with Gasteiger partial charge in [0, 0.05) is 33.0 Å². The van der Waals surface area contributed by atoms with Crippen LogP contribution in [0.3, 0.4) is 0 Å². The number of anilines is 1. The predicted octanol–water partition coefficient (Wildman–Crippen LogP) is 1.66. The number of pyridine rings is 1. The minimum Gasteiger partial charge on any atom is -0.394 e. The van der Waals surface area contributed by atoms with Crippen LogP contribution in [-0.2, 0) is 14.3 Å². The van der Waals surface area contributed by atoms with Crippen LogP contribution in [0.1, 0.15) is 17.5 Å². The number of methoxy groups -OCH3 is 1. The summed E-state index contributed by atoms with van der Waals surface area (Å²) < 4.78 is 12.3. The second-order valence-electron chi connectivity index (χ2n) is 7.01. The van der Waals surface area contributed by atoms with E-state index < -0.39 is 0 Å². The molecule has 0 spiro atoms. The highest BCUT2D eigenvalue weighted by Gasteiger charge is 2.32. The molecule has 2 N–H and O–H groups in total. The van der Waals surface area contributed by atoms with Crippen LogP contribution in [0.25, 0.3) is 11.7 Å². The molecule has 0 aliphatic carbocycles. The molecular weight excluding hydrogens is 452 g/mol. The van der Waals surface area contributed by atoms with Crippen molar-refractivity contribution in [2.45, 2.75) is 13.3 Å². The average Bonchev–Trinajstić information content (AvgIpc) is 3.04. The lowest BCUT2D eigenvalue weighted by Crippen LogP contribution is -2.29. The molecule has 0 saturated carbocycles. The molecule has 1 amide bonds. The average molecular weight is 479 g/mol. The maximum Gasteiger partial charge on any atom is 0.267 e. The largest absolute Gasteiger partial charge is 0.394 e. The van der Waals surface area contributed by atoms with Crippen molar-refractivity contribution in [3.05, 3.63) is 44.7 Å². The summed E-state index contributed by atoms with van der Waals surface area (Å²) in [6.45, 7) is 3.73. The monoisotopic (exact) mass is 478 g/mol. The van der Waals surface area contributed by atoms with Gasteiger partial charge in [-0.05, 0) is 31.1 Å². The Kier molecular flexibility index (Phi) is 8.76. The summed E-state index contributed by atoms with van der Waals surface area (Å²) in [5.41, 5.74) is 1.36. The molecule has 1 aliphatic rings. The normalized spacial score (nSPS) is 15.3. The number of carbonyl (C=O) groups is 1. The number of hydrogen-bond donors (Lipinski definition) is 2. The minimum atomic E-state index is -0.290. The Morgan fingerprint density at radius 3 is 2.88 bits per heavy atom. The summed E-state index contributed by atoms with van der Waals surface area (Å²) in [4.78, 5) is 32.7. The molecule has 2 aromatic rings.